The van der Waals surface area contributed by atoms with Crippen LogP contribution in [0.2, 0.25) is 0 Å². The van der Waals surface area contributed by atoms with E-state index in [0.717, 1.165) is 29.9 Å². The molecule has 3 aromatic rings. The Kier molecular flexibility index (Phi) is 6.96. The Morgan fingerprint density at radius 3 is 2.36 bits per heavy atom. The van der Waals surface area contributed by atoms with Crippen molar-refractivity contribution in [2.45, 2.75) is 13.0 Å². The number of pyridine rings is 1. The molecule has 4 heterocycles. The molecule has 1 aromatic heterocycles. The number of anilines is 3. The van der Waals surface area contributed by atoms with E-state index in [1.807, 2.05) is 4.90 Å². The van der Waals surface area contributed by atoms with Crippen molar-refractivity contribution in [3.05, 3.63) is 71.8 Å². The van der Waals surface area contributed by atoms with Gasteiger partial charge in [-0.2, -0.15) is 5.26 Å². The van der Waals surface area contributed by atoms with Gasteiger partial charge in [0.2, 0.25) is 5.91 Å². The quantitative estimate of drug-likeness (QED) is 0.471. The fourth-order valence-electron chi connectivity index (χ4n) is 6.01. The molecule has 9 heteroatoms. The highest BCUT2D eigenvalue weighted by molar-refractivity contribution is 7.85. The number of carbonyl (C=O) groups is 1. The standard InChI is InChI=1S/C30H32N6O2S/c1-2-28(37)33-12-14-34(15-13-33)29-24-10-11-36(27-9-5-7-22-6-3-4-8-23(22)27)21-26(24)25(20-31)30(32-29)35-16-18-39(38)19-17-35/h2-9H,1,10-19,21H2. The average Bonchev–Trinajstić information content (AvgIpc) is 2.99. The Hall–Kier alpha value is -3.90. The van der Waals surface area contributed by atoms with Crippen molar-refractivity contribution in [1.82, 2.24) is 9.88 Å². The molecule has 0 N–H and O–H groups in total. The highest BCUT2D eigenvalue weighted by Crippen LogP contribution is 2.38. The van der Waals surface area contributed by atoms with Crippen LogP contribution in [-0.2, 0) is 28.6 Å². The van der Waals surface area contributed by atoms with Gasteiger partial charge in [0.25, 0.3) is 0 Å². The lowest BCUT2D eigenvalue weighted by molar-refractivity contribution is -0.126. The van der Waals surface area contributed by atoms with Crippen LogP contribution in [0.1, 0.15) is 16.7 Å². The molecule has 0 radical (unpaired) electrons. The normalized spacial score (nSPS) is 18.1. The van der Waals surface area contributed by atoms with E-state index in [1.54, 1.807) is 0 Å². The molecule has 0 saturated carbocycles. The number of fused-ring (bicyclic) bond motifs is 2. The summed E-state index contributed by atoms with van der Waals surface area (Å²) in [5, 5.41) is 12.9. The predicted octanol–water partition coefficient (Wildman–Crippen LogP) is 3.07. The van der Waals surface area contributed by atoms with Crippen molar-refractivity contribution in [1.29, 1.82) is 5.26 Å². The van der Waals surface area contributed by atoms with Gasteiger partial charge in [0.05, 0.1) is 5.56 Å². The summed E-state index contributed by atoms with van der Waals surface area (Å²) in [4.78, 5) is 25.9. The number of rotatable bonds is 4. The summed E-state index contributed by atoms with van der Waals surface area (Å²) in [5.74, 6) is 2.76. The molecule has 2 aromatic carbocycles. The van der Waals surface area contributed by atoms with Crippen molar-refractivity contribution >= 4 is 44.8 Å². The summed E-state index contributed by atoms with van der Waals surface area (Å²) in [6.45, 7) is 8.93. The van der Waals surface area contributed by atoms with E-state index in [1.165, 1.54) is 22.5 Å². The molecule has 0 bridgehead atoms. The average molecular weight is 541 g/mol. The number of hydrogen-bond acceptors (Lipinski definition) is 7. The molecule has 1 amide bonds. The van der Waals surface area contributed by atoms with Crippen LogP contribution in [0.5, 0.6) is 0 Å². The van der Waals surface area contributed by atoms with Gasteiger partial charge in [-0.25, -0.2) is 4.98 Å². The maximum atomic E-state index is 12.2. The SMILES string of the molecule is C=CC(=O)N1CCN(c2nc(N3CCS(=O)CC3)c(C#N)c3c2CCN(c2cccc4ccccc24)C3)CC1. The van der Waals surface area contributed by atoms with Crippen LogP contribution in [0.25, 0.3) is 10.8 Å². The van der Waals surface area contributed by atoms with E-state index in [2.05, 4.69) is 69.8 Å². The van der Waals surface area contributed by atoms with Crippen LogP contribution in [-0.4, -0.2) is 77.3 Å². The Morgan fingerprint density at radius 1 is 0.897 bits per heavy atom. The number of nitriles is 1. The van der Waals surface area contributed by atoms with E-state index in [4.69, 9.17) is 4.98 Å². The number of aromatic nitrogens is 1. The highest BCUT2D eigenvalue weighted by Gasteiger charge is 2.32. The van der Waals surface area contributed by atoms with Crippen molar-refractivity contribution in [2.24, 2.45) is 0 Å². The van der Waals surface area contributed by atoms with E-state index in [0.29, 0.717) is 68.7 Å². The van der Waals surface area contributed by atoms with Crippen LogP contribution in [0, 0.1) is 11.3 Å². The molecule has 3 aliphatic heterocycles. The fourth-order valence-corrected chi connectivity index (χ4v) is 7.07. The number of amides is 1. The summed E-state index contributed by atoms with van der Waals surface area (Å²) in [7, 11) is -0.825. The lowest BCUT2D eigenvalue weighted by Gasteiger charge is -2.40. The minimum atomic E-state index is -0.825. The molecule has 0 aliphatic carbocycles. The molecule has 3 aliphatic rings. The first kappa shape index (κ1) is 25.4. The summed E-state index contributed by atoms with van der Waals surface area (Å²) < 4.78 is 12.1. The largest absolute Gasteiger partial charge is 0.366 e. The highest BCUT2D eigenvalue weighted by atomic mass is 32.2. The second-order valence-electron chi connectivity index (χ2n) is 10.2. The monoisotopic (exact) mass is 540 g/mol. The summed E-state index contributed by atoms with van der Waals surface area (Å²) in [6.07, 6.45) is 2.16. The zero-order valence-corrected chi connectivity index (χ0v) is 22.8. The minimum Gasteiger partial charge on any atom is -0.366 e. The second-order valence-corrected chi connectivity index (χ2v) is 11.9. The number of nitrogens with zero attached hydrogens (tertiary/aromatic N) is 6. The van der Waals surface area contributed by atoms with Gasteiger partial charge in [-0.05, 0) is 29.5 Å². The lowest BCUT2D eigenvalue weighted by atomic mass is 9.94. The van der Waals surface area contributed by atoms with Crippen LogP contribution in [0.4, 0.5) is 17.3 Å². The maximum Gasteiger partial charge on any atom is 0.246 e. The summed E-state index contributed by atoms with van der Waals surface area (Å²) >= 11 is 0. The number of piperazine rings is 1. The molecular formula is C30H32N6O2S. The van der Waals surface area contributed by atoms with Gasteiger partial charge in [-0.1, -0.05) is 43.0 Å². The van der Waals surface area contributed by atoms with Gasteiger partial charge in [0.1, 0.15) is 17.7 Å². The number of carbonyl (C=O) groups excluding carboxylic acids is 1. The van der Waals surface area contributed by atoms with Crippen molar-refractivity contribution in [2.75, 3.05) is 72.0 Å². The van der Waals surface area contributed by atoms with Crippen LogP contribution in [0.3, 0.4) is 0 Å². The van der Waals surface area contributed by atoms with Crippen molar-refractivity contribution in [3.63, 3.8) is 0 Å². The van der Waals surface area contributed by atoms with Gasteiger partial charge < -0.3 is 19.6 Å². The minimum absolute atomic E-state index is 0.0443. The molecule has 200 valence electrons. The third-order valence-corrected chi connectivity index (χ3v) is 9.39. The third-order valence-electron chi connectivity index (χ3n) is 8.11. The first-order chi connectivity index (χ1) is 19.1. The van der Waals surface area contributed by atoms with E-state index < -0.39 is 10.8 Å². The first-order valence-electron chi connectivity index (χ1n) is 13.5. The van der Waals surface area contributed by atoms with Gasteiger partial charge in [0, 0.05) is 91.3 Å². The Balaban J connectivity index is 1.41. The zero-order valence-electron chi connectivity index (χ0n) is 22.0. The van der Waals surface area contributed by atoms with E-state index in [-0.39, 0.29) is 5.91 Å². The molecule has 2 fully saturated rings. The smallest absolute Gasteiger partial charge is 0.246 e. The van der Waals surface area contributed by atoms with Gasteiger partial charge in [-0.15, -0.1) is 0 Å². The molecular weight excluding hydrogens is 508 g/mol. The molecule has 0 unspecified atom stereocenters. The topological polar surface area (TPSA) is 83.8 Å². The number of hydrogen-bond donors (Lipinski definition) is 0. The Morgan fingerprint density at radius 2 is 1.62 bits per heavy atom. The van der Waals surface area contributed by atoms with Crippen molar-refractivity contribution < 1.29 is 9.00 Å². The second kappa shape index (κ2) is 10.7. The van der Waals surface area contributed by atoms with Crippen LogP contribution >= 0.6 is 0 Å². The Bertz CT molecular complexity index is 1490. The van der Waals surface area contributed by atoms with Crippen LogP contribution in [0.15, 0.2) is 55.1 Å². The van der Waals surface area contributed by atoms with Crippen LogP contribution < -0.4 is 14.7 Å². The molecule has 0 atom stereocenters. The lowest BCUT2D eigenvalue weighted by Crippen LogP contribution is -2.49. The van der Waals surface area contributed by atoms with Gasteiger partial charge >= 0.3 is 0 Å². The third kappa shape index (κ3) is 4.74. The first-order valence-corrected chi connectivity index (χ1v) is 15.0. The molecule has 39 heavy (non-hydrogen) atoms. The summed E-state index contributed by atoms with van der Waals surface area (Å²) in [6, 6.07) is 17.3. The predicted molar refractivity (Wildman–Crippen MR) is 157 cm³/mol. The van der Waals surface area contributed by atoms with E-state index in [9.17, 15) is 14.3 Å². The molecule has 8 nitrogen and oxygen atoms in total. The molecule has 0 spiro atoms. The summed E-state index contributed by atoms with van der Waals surface area (Å²) in [5.41, 5.74) is 3.98. The fraction of sp³-hybridized carbons (Fsp3) is 0.367. The molecule has 2 saturated heterocycles. The van der Waals surface area contributed by atoms with Crippen molar-refractivity contribution in [3.8, 4) is 6.07 Å². The van der Waals surface area contributed by atoms with Gasteiger partial charge in [-0.3, -0.25) is 9.00 Å². The van der Waals surface area contributed by atoms with Gasteiger partial charge in [0.15, 0.2) is 0 Å². The zero-order chi connectivity index (χ0) is 26.9. The maximum absolute atomic E-state index is 12.2. The van der Waals surface area contributed by atoms with E-state index >= 15 is 0 Å². The molecule has 6 rings (SSSR count). The Labute approximate surface area is 231 Å². The number of benzene rings is 2.